The predicted molar refractivity (Wildman–Crippen MR) is 40.5 cm³/mol. The molecule has 3 heteroatoms. The van der Waals surface area contributed by atoms with Crippen LogP contribution in [0.15, 0.2) is 0 Å². The molecule has 2 nitrogen and oxygen atoms in total. The lowest BCUT2D eigenvalue weighted by Gasteiger charge is -2.25. The van der Waals surface area contributed by atoms with Gasteiger partial charge >= 0.3 is 0 Å². The second-order valence-electron chi connectivity index (χ2n) is 2.47. The first-order valence-electron chi connectivity index (χ1n) is 3.28. The number of rotatable bonds is 1. The quantitative estimate of drug-likeness (QED) is 0.551. The standard InChI is InChI=1S/C6H13NOS/c7-6-4-9-2-1-5(6)3-8/h5-6,8H,1-4,7H2/t5-,6+/m1/s1. The molecule has 1 aliphatic heterocycles. The normalized spacial score (nSPS) is 36.7. The third kappa shape index (κ3) is 1.85. The minimum absolute atomic E-state index is 0.230. The van der Waals surface area contributed by atoms with Gasteiger partial charge in [0.1, 0.15) is 0 Å². The van der Waals surface area contributed by atoms with Crippen LogP contribution in [0.4, 0.5) is 0 Å². The van der Waals surface area contributed by atoms with Crippen molar-refractivity contribution >= 4 is 11.8 Å². The molecule has 0 aliphatic carbocycles. The summed E-state index contributed by atoms with van der Waals surface area (Å²) >= 11 is 1.89. The van der Waals surface area contributed by atoms with Gasteiger partial charge in [0.05, 0.1) is 0 Å². The average molecular weight is 147 g/mol. The first-order valence-corrected chi connectivity index (χ1v) is 4.44. The monoisotopic (exact) mass is 147 g/mol. The van der Waals surface area contributed by atoms with Crippen molar-refractivity contribution < 1.29 is 5.11 Å². The van der Waals surface area contributed by atoms with Gasteiger partial charge in [0.15, 0.2) is 0 Å². The van der Waals surface area contributed by atoms with Gasteiger partial charge in [-0.05, 0) is 18.1 Å². The number of aliphatic hydroxyl groups is 1. The van der Waals surface area contributed by atoms with Gasteiger partial charge in [-0.3, -0.25) is 0 Å². The zero-order valence-electron chi connectivity index (χ0n) is 5.42. The van der Waals surface area contributed by atoms with Crippen LogP contribution in [-0.4, -0.2) is 29.3 Å². The van der Waals surface area contributed by atoms with E-state index in [-0.39, 0.29) is 12.6 Å². The van der Waals surface area contributed by atoms with Gasteiger partial charge < -0.3 is 10.8 Å². The first-order chi connectivity index (χ1) is 4.34. The molecule has 0 aromatic heterocycles. The molecular weight excluding hydrogens is 134 g/mol. The molecular formula is C6H13NOS. The van der Waals surface area contributed by atoms with E-state index in [0.29, 0.717) is 5.92 Å². The second-order valence-corrected chi connectivity index (χ2v) is 3.62. The molecule has 0 aromatic rings. The summed E-state index contributed by atoms with van der Waals surface area (Å²) in [5.74, 6) is 2.55. The van der Waals surface area contributed by atoms with E-state index in [2.05, 4.69) is 0 Å². The van der Waals surface area contributed by atoms with Crippen LogP contribution >= 0.6 is 11.8 Å². The van der Waals surface area contributed by atoms with Crippen molar-refractivity contribution in [2.75, 3.05) is 18.1 Å². The third-order valence-corrected chi connectivity index (χ3v) is 2.93. The Kier molecular flexibility index (Phi) is 2.82. The van der Waals surface area contributed by atoms with E-state index in [1.54, 1.807) is 0 Å². The van der Waals surface area contributed by atoms with E-state index in [1.807, 2.05) is 11.8 Å². The SMILES string of the molecule is N[C@H]1CSCC[C@@H]1CO. The molecule has 0 radical (unpaired) electrons. The second kappa shape index (κ2) is 3.44. The molecule has 0 aromatic carbocycles. The van der Waals surface area contributed by atoms with Crippen molar-refractivity contribution in [3.05, 3.63) is 0 Å². The lowest BCUT2D eigenvalue weighted by molar-refractivity contribution is 0.205. The highest BCUT2D eigenvalue weighted by Gasteiger charge is 2.20. The van der Waals surface area contributed by atoms with E-state index in [9.17, 15) is 0 Å². The lowest BCUT2D eigenvalue weighted by Crippen LogP contribution is -2.37. The Morgan fingerprint density at radius 2 is 2.44 bits per heavy atom. The predicted octanol–water partition coefficient (Wildman–Crippen LogP) is 0.0591. The molecule has 0 amide bonds. The fourth-order valence-electron chi connectivity index (χ4n) is 1.03. The Balaban J connectivity index is 2.30. The summed E-state index contributed by atoms with van der Waals surface area (Å²) < 4.78 is 0. The number of aliphatic hydroxyl groups excluding tert-OH is 1. The van der Waals surface area contributed by atoms with Crippen LogP contribution in [0.25, 0.3) is 0 Å². The molecule has 54 valence electrons. The average Bonchev–Trinajstić information content (AvgIpc) is 1.89. The van der Waals surface area contributed by atoms with Gasteiger partial charge in [-0.25, -0.2) is 0 Å². The minimum atomic E-state index is 0.230. The van der Waals surface area contributed by atoms with Crippen LogP contribution < -0.4 is 5.73 Å². The van der Waals surface area contributed by atoms with Crippen molar-refractivity contribution in [3.8, 4) is 0 Å². The molecule has 1 saturated heterocycles. The Morgan fingerprint density at radius 1 is 1.67 bits per heavy atom. The number of nitrogens with two attached hydrogens (primary N) is 1. The number of hydrogen-bond acceptors (Lipinski definition) is 3. The molecule has 1 aliphatic rings. The van der Waals surface area contributed by atoms with Crippen LogP contribution in [0.5, 0.6) is 0 Å². The van der Waals surface area contributed by atoms with E-state index in [0.717, 1.165) is 12.2 Å². The summed E-state index contributed by atoms with van der Waals surface area (Å²) in [5.41, 5.74) is 5.71. The van der Waals surface area contributed by atoms with Crippen molar-refractivity contribution in [2.24, 2.45) is 11.7 Å². The van der Waals surface area contributed by atoms with Gasteiger partial charge in [-0.15, -0.1) is 0 Å². The smallest absolute Gasteiger partial charge is 0.0474 e. The third-order valence-electron chi connectivity index (χ3n) is 1.78. The molecule has 1 rings (SSSR count). The first kappa shape index (κ1) is 7.38. The summed E-state index contributed by atoms with van der Waals surface area (Å²) in [5, 5.41) is 8.77. The maximum absolute atomic E-state index is 8.77. The summed E-state index contributed by atoms with van der Waals surface area (Å²) in [4.78, 5) is 0. The fourth-order valence-corrected chi connectivity index (χ4v) is 2.21. The summed E-state index contributed by atoms with van der Waals surface area (Å²) in [6.07, 6.45) is 1.09. The van der Waals surface area contributed by atoms with Crippen molar-refractivity contribution in [3.63, 3.8) is 0 Å². The Hall–Kier alpha value is 0.270. The van der Waals surface area contributed by atoms with E-state index < -0.39 is 0 Å². The van der Waals surface area contributed by atoms with Crippen LogP contribution in [-0.2, 0) is 0 Å². The number of hydrogen-bond donors (Lipinski definition) is 2. The highest BCUT2D eigenvalue weighted by Crippen LogP contribution is 2.20. The molecule has 1 fully saturated rings. The van der Waals surface area contributed by atoms with Gasteiger partial charge in [-0.2, -0.15) is 11.8 Å². The van der Waals surface area contributed by atoms with E-state index >= 15 is 0 Å². The van der Waals surface area contributed by atoms with E-state index in [1.165, 1.54) is 5.75 Å². The van der Waals surface area contributed by atoms with Gasteiger partial charge in [0.25, 0.3) is 0 Å². The topological polar surface area (TPSA) is 46.2 Å². The number of thioether (sulfide) groups is 1. The van der Waals surface area contributed by atoms with Gasteiger partial charge in [-0.1, -0.05) is 0 Å². The Bertz CT molecular complexity index is 89.1. The zero-order valence-corrected chi connectivity index (χ0v) is 6.23. The van der Waals surface area contributed by atoms with Crippen LogP contribution in [0, 0.1) is 5.92 Å². The lowest BCUT2D eigenvalue weighted by atomic mass is 10.00. The molecule has 0 saturated carbocycles. The molecule has 0 spiro atoms. The van der Waals surface area contributed by atoms with Crippen molar-refractivity contribution in [1.82, 2.24) is 0 Å². The van der Waals surface area contributed by atoms with Gasteiger partial charge in [0.2, 0.25) is 0 Å². The van der Waals surface area contributed by atoms with Crippen LogP contribution in [0.1, 0.15) is 6.42 Å². The summed E-state index contributed by atoms with van der Waals surface area (Å²) in [7, 11) is 0. The van der Waals surface area contributed by atoms with Crippen LogP contribution in [0.2, 0.25) is 0 Å². The molecule has 1 heterocycles. The zero-order chi connectivity index (χ0) is 6.69. The van der Waals surface area contributed by atoms with Crippen LogP contribution in [0.3, 0.4) is 0 Å². The summed E-state index contributed by atoms with van der Waals surface area (Å²) in [6.45, 7) is 0.266. The Morgan fingerprint density at radius 3 is 2.89 bits per heavy atom. The maximum Gasteiger partial charge on any atom is 0.0474 e. The summed E-state index contributed by atoms with van der Waals surface area (Å²) in [6, 6.07) is 0.230. The highest BCUT2D eigenvalue weighted by molar-refractivity contribution is 7.99. The van der Waals surface area contributed by atoms with Crippen molar-refractivity contribution in [1.29, 1.82) is 0 Å². The fraction of sp³-hybridized carbons (Fsp3) is 1.00. The molecule has 9 heavy (non-hydrogen) atoms. The molecule has 2 atom stereocenters. The molecule has 0 bridgehead atoms. The minimum Gasteiger partial charge on any atom is -0.396 e. The maximum atomic E-state index is 8.77. The Labute approximate surface area is 59.8 Å². The molecule has 0 unspecified atom stereocenters. The molecule has 3 N–H and O–H groups in total. The highest BCUT2D eigenvalue weighted by atomic mass is 32.2. The van der Waals surface area contributed by atoms with Crippen molar-refractivity contribution in [2.45, 2.75) is 12.5 Å². The van der Waals surface area contributed by atoms with E-state index in [4.69, 9.17) is 10.8 Å². The van der Waals surface area contributed by atoms with Gasteiger partial charge in [0, 0.05) is 18.4 Å². The largest absolute Gasteiger partial charge is 0.396 e.